The number of carbonyl (C=O) groups excluding carboxylic acids is 1. The second kappa shape index (κ2) is 9.13. The normalized spacial score (nSPS) is 10.8. The molecule has 6 heteroatoms. The number of allylic oxidation sites excluding steroid dienone is 1. The minimum atomic E-state index is -0.335. The zero-order chi connectivity index (χ0) is 21.7. The van der Waals surface area contributed by atoms with Crippen LogP contribution in [0.3, 0.4) is 0 Å². The SMILES string of the molecule is COc1cc(/C=C/C(=O)c2ccc(N)c(-c3ccc(F)cc3)c2)cc(OC)c1OC. The third kappa shape index (κ3) is 4.43. The van der Waals surface area contributed by atoms with Crippen LogP contribution in [0, 0.1) is 5.82 Å². The van der Waals surface area contributed by atoms with Crippen LogP contribution >= 0.6 is 0 Å². The second-order valence-corrected chi connectivity index (χ2v) is 6.47. The molecule has 3 aromatic rings. The summed E-state index contributed by atoms with van der Waals surface area (Å²) in [5.41, 5.74) is 9.14. The van der Waals surface area contributed by atoms with Crippen LogP contribution in [-0.4, -0.2) is 27.1 Å². The van der Waals surface area contributed by atoms with E-state index in [2.05, 4.69) is 0 Å². The molecule has 0 heterocycles. The first-order chi connectivity index (χ1) is 14.5. The number of hydrogen-bond donors (Lipinski definition) is 1. The number of nitrogen functional groups attached to an aromatic ring is 1. The average molecular weight is 407 g/mol. The van der Waals surface area contributed by atoms with Gasteiger partial charge in [0.2, 0.25) is 5.75 Å². The minimum Gasteiger partial charge on any atom is -0.493 e. The average Bonchev–Trinajstić information content (AvgIpc) is 2.77. The highest BCUT2D eigenvalue weighted by atomic mass is 19.1. The van der Waals surface area contributed by atoms with Crippen molar-refractivity contribution in [2.24, 2.45) is 0 Å². The molecule has 0 spiro atoms. The van der Waals surface area contributed by atoms with Gasteiger partial charge in [0.15, 0.2) is 17.3 Å². The zero-order valence-corrected chi connectivity index (χ0v) is 16.9. The third-order valence-electron chi connectivity index (χ3n) is 4.61. The summed E-state index contributed by atoms with van der Waals surface area (Å²) in [7, 11) is 4.59. The van der Waals surface area contributed by atoms with Gasteiger partial charge in [0.25, 0.3) is 0 Å². The summed E-state index contributed by atoms with van der Waals surface area (Å²) in [6.45, 7) is 0. The van der Waals surface area contributed by atoms with Crippen LogP contribution in [0.25, 0.3) is 17.2 Å². The Kier molecular flexibility index (Phi) is 6.37. The lowest BCUT2D eigenvalue weighted by Gasteiger charge is -2.12. The molecule has 30 heavy (non-hydrogen) atoms. The Balaban J connectivity index is 1.90. The molecule has 0 aliphatic heterocycles. The van der Waals surface area contributed by atoms with Crippen molar-refractivity contribution in [2.75, 3.05) is 27.1 Å². The van der Waals surface area contributed by atoms with Crippen molar-refractivity contribution in [3.05, 3.63) is 77.6 Å². The predicted octanol–water partition coefficient (Wildman–Crippen LogP) is 5.00. The summed E-state index contributed by atoms with van der Waals surface area (Å²) < 4.78 is 29.2. The summed E-state index contributed by atoms with van der Waals surface area (Å²) in [5.74, 6) is 0.931. The van der Waals surface area contributed by atoms with E-state index < -0.39 is 0 Å². The topological polar surface area (TPSA) is 70.8 Å². The number of rotatable bonds is 7. The first-order valence-electron chi connectivity index (χ1n) is 9.14. The van der Waals surface area contributed by atoms with Gasteiger partial charge in [-0.3, -0.25) is 4.79 Å². The number of ketones is 1. The van der Waals surface area contributed by atoms with Crippen molar-refractivity contribution >= 4 is 17.5 Å². The molecule has 3 aromatic carbocycles. The smallest absolute Gasteiger partial charge is 0.203 e. The molecule has 0 bridgehead atoms. The summed E-state index contributed by atoms with van der Waals surface area (Å²) in [4.78, 5) is 12.7. The number of hydrogen-bond acceptors (Lipinski definition) is 5. The fourth-order valence-corrected chi connectivity index (χ4v) is 3.05. The van der Waals surface area contributed by atoms with Gasteiger partial charge in [0, 0.05) is 16.8 Å². The van der Waals surface area contributed by atoms with Crippen molar-refractivity contribution in [2.45, 2.75) is 0 Å². The Morgan fingerprint density at radius 2 is 1.53 bits per heavy atom. The van der Waals surface area contributed by atoms with Gasteiger partial charge in [0.05, 0.1) is 21.3 Å². The molecule has 0 amide bonds. The van der Waals surface area contributed by atoms with Crippen LogP contribution in [0.15, 0.2) is 60.7 Å². The predicted molar refractivity (Wildman–Crippen MR) is 116 cm³/mol. The molecular weight excluding hydrogens is 385 g/mol. The van der Waals surface area contributed by atoms with Gasteiger partial charge in [-0.1, -0.05) is 18.2 Å². The monoisotopic (exact) mass is 407 g/mol. The maximum Gasteiger partial charge on any atom is 0.203 e. The van der Waals surface area contributed by atoms with Crippen molar-refractivity contribution in [1.29, 1.82) is 0 Å². The lowest BCUT2D eigenvalue weighted by Crippen LogP contribution is -1.98. The van der Waals surface area contributed by atoms with Crippen LogP contribution < -0.4 is 19.9 Å². The Labute approximate surface area is 174 Å². The summed E-state index contributed by atoms with van der Waals surface area (Å²) in [6, 6.07) is 14.5. The molecule has 0 aliphatic carbocycles. The Bertz CT molecular complexity index is 1070. The lowest BCUT2D eigenvalue weighted by atomic mass is 9.99. The summed E-state index contributed by atoms with van der Waals surface area (Å²) >= 11 is 0. The van der Waals surface area contributed by atoms with E-state index in [1.54, 1.807) is 48.5 Å². The van der Waals surface area contributed by atoms with E-state index in [0.717, 1.165) is 5.56 Å². The highest BCUT2D eigenvalue weighted by Gasteiger charge is 2.13. The van der Waals surface area contributed by atoms with Crippen molar-refractivity contribution in [1.82, 2.24) is 0 Å². The molecule has 0 aromatic heterocycles. The molecule has 0 aliphatic rings. The van der Waals surface area contributed by atoms with Crippen LogP contribution in [-0.2, 0) is 0 Å². The van der Waals surface area contributed by atoms with Gasteiger partial charge < -0.3 is 19.9 Å². The van der Waals surface area contributed by atoms with E-state index in [-0.39, 0.29) is 11.6 Å². The number of halogens is 1. The first kappa shape index (κ1) is 20.9. The number of ether oxygens (including phenoxy) is 3. The standard InChI is InChI=1S/C24H22FNO4/c1-28-22-12-15(13-23(29-2)24(22)30-3)4-11-21(27)17-7-10-20(26)19(14-17)16-5-8-18(25)9-6-16/h4-14H,26H2,1-3H3/b11-4+. The van der Waals surface area contributed by atoms with E-state index >= 15 is 0 Å². The van der Waals surface area contributed by atoms with Gasteiger partial charge in [-0.05, 0) is 59.7 Å². The van der Waals surface area contributed by atoms with Gasteiger partial charge in [-0.25, -0.2) is 4.39 Å². The number of nitrogens with two attached hydrogens (primary N) is 1. The molecule has 2 N–H and O–H groups in total. The molecule has 0 saturated carbocycles. The Morgan fingerprint density at radius 1 is 0.900 bits per heavy atom. The largest absolute Gasteiger partial charge is 0.493 e. The number of methoxy groups -OCH3 is 3. The van der Waals surface area contributed by atoms with Crippen LogP contribution in [0.1, 0.15) is 15.9 Å². The van der Waals surface area contributed by atoms with E-state index in [0.29, 0.717) is 39.6 Å². The molecule has 0 saturated heterocycles. The Morgan fingerprint density at radius 3 is 2.10 bits per heavy atom. The molecule has 0 atom stereocenters. The number of anilines is 1. The van der Waals surface area contributed by atoms with E-state index in [9.17, 15) is 9.18 Å². The van der Waals surface area contributed by atoms with Crippen molar-refractivity contribution < 1.29 is 23.4 Å². The molecule has 0 fully saturated rings. The van der Waals surface area contributed by atoms with Gasteiger partial charge in [-0.15, -0.1) is 0 Å². The Hall–Kier alpha value is -3.80. The zero-order valence-electron chi connectivity index (χ0n) is 16.9. The van der Waals surface area contributed by atoms with Crippen molar-refractivity contribution in [3.63, 3.8) is 0 Å². The minimum absolute atomic E-state index is 0.202. The molecule has 0 radical (unpaired) electrons. The maximum absolute atomic E-state index is 13.2. The summed E-state index contributed by atoms with van der Waals surface area (Å²) in [5, 5.41) is 0. The fraction of sp³-hybridized carbons (Fsp3) is 0.125. The molecule has 5 nitrogen and oxygen atoms in total. The number of benzene rings is 3. The second-order valence-electron chi connectivity index (χ2n) is 6.47. The van der Waals surface area contributed by atoms with E-state index in [1.165, 1.54) is 39.5 Å². The molecule has 0 unspecified atom stereocenters. The van der Waals surface area contributed by atoms with Gasteiger partial charge in [0.1, 0.15) is 5.82 Å². The van der Waals surface area contributed by atoms with E-state index in [1.807, 2.05) is 0 Å². The fourth-order valence-electron chi connectivity index (χ4n) is 3.05. The maximum atomic E-state index is 13.2. The van der Waals surface area contributed by atoms with E-state index in [4.69, 9.17) is 19.9 Å². The number of carbonyl (C=O) groups is 1. The highest BCUT2D eigenvalue weighted by Crippen LogP contribution is 2.38. The van der Waals surface area contributed by atoms with Crippen LogP contribution in [0.4, 0.5) is 10.1 Å². The van der Waals surface area contributed by atoms with Gasteiger partial charge >= 0.3 is 0 Å². The third-order valence-corrected chi connectivity index (χ3v) is 4.61. The summed E-state index contributed by atoms with van der Waals surface area (Å²) in [6.07, 6.45) is 3.13. The van der Waals surface area contributed by atoms with Crippen LogP contribution in [0.5, 0.6) is 17.2 Å². The molecule has 3 rings (SSSR count). The lowest BCUT2D eigenvalue weighted by molar-refractivity contribution is 0.104. The van der Waals surface area contributed by atoms with Crippen molar-refractivity contribution in [3.8, 4) is 28.4 Å². The van der Waals surface area contributed by atoms with Crippen LogP contribution in [0.2, 0.25) is 0 Å². The first-order valence-corrected chi connectivity index (χ1v) is 9.14. The molecular formula is C24H22FNO4. The highest BCUT2D eigenvalue weighted by molar-refractivity contribution is 6.08. The van der Waals surface area contributed by atoms with Gasteiger partial charge in [-0.2, -0.15) is 0 Å². The molecule has 154 valence electrons. The quantitative estimate of drug-likeness (QED) is 0.339.